The minimum atomic E-state index is 0.922. The maximum absolute atomic E-state index is 5.58. The molecule has 0 fully saturated rings. The molecule has 0 saturated heterocycles. The van der Waals surface area contributed by atoms with Crippen molar-refractivity contribution in [1.82, 2.24) is 19.9 Å². The largest absolute Gasteiger partial charge is 0.354 e. The molecule has 2 aliphatic heterocycles. The molecule has 0 radical (unpaired) electrons. The van der Waals surface area contributed by atoms with Gasteiger partial charge < -0.3 is 9.97 Å². The lowest BCUT2D eigenvalue weighted by molar-refractivity contribution is -0.697. The molecule has 2 N–H and O–H groups in total. The molecule has 9 heterocycles. The smallest absolute Gasteiger partial charge is 0.169 e. The fourth-order valence-electron chi connectivity index (χ4n) is 9.69. The molecular weight excluding hydrogens is 833 g/mol. The van der Waals surface area contributed by atoms with Gasteiger partial charge in [-0.05, 0) is 96.5 Å². The molecule has 0 unspecified atom stereocenters. The normalized spacial score (nSPS) is 12.1. The standard InChI is InChI=1S/C60H69N8/c1-5-9-13-33-65-37-25-45(26-38-65)57-49-17-19-51(61-49)58(46-27-39-66(40-28-46)34-14-10-6-2)53-21-23-55(63-53)60(48-31-43-68(44-32-48)36-16-12-8-4)56-24-22-54(64-56)59(52-20-18-50(57)62-52)47-29-41-67(42-30-47)35-15-11-7-3/h17-32,37-44H,5-16,33-36H2,1-4H3,(H,61,62,63,64)/q+3/p+1. The summed E-state index contributed by atoms with van der Waals surface area (Å²) in [6.07, 6.45) is 41.0. The highest BCUT2D eigenvalue weighted by atomic mass is 14.9. The van der Waals surface area contributed by atoms with Gasteiger partial charge in [0.1, 0.15) is 26.2 Å². The lowest BCUT2D eigenvalue weighted by atomic mass is 10.0. The Balaban J connectivity index is 1.31. The minimum absolute atomic E-state index is 0.922. The van der Waals surface area contributed by atoms with E-state index in [1.165, 1.54) is 77.0 Å². The van der Waals surface area contributed by atoms with Crippen molar-refractivity contribution in [2.75, 3.05) is 0 Å². The summed E-state index contributed by atoms with van der Waals surface area (Å²) in [6.45, 7) is 13.1. The zero-order valence-electron chi connectivity index (χ0n) is 40.9. The summed E-state index contributed by atoms with van der Waals surface area (Å²) in [7, 11) is 0. The first kappa shape index (κ1) is 46.3. The first-order chi connectivity index (χ1) is 33.5. The van der Waals surface area contributed by atoms with Crippen LogP contribution in [0.15, 0.2) is 122 Å². The summed E-state index contributed by atoms with van der Waals surface area (Å²) in [4.78, 5) is 19.1. The number of H-pyrrole nitrogens is 2. The molecule has 8 heteroatoms. The number of unbranched alkanes of at least 4 members (excludes halogenated alkanes) is 8. The number of pyridine rings is 4. The predicted molar refractivity (Wildman–Crippen MR) is 279 cm³/mol. The average molecular weight is 903 g/mol. The van der Waals surface area contributed by atoms with Gasteiger partial charge in [-0.25, -0.2) is 28.2 Å². The SMILES string of the molecule is CCCCC[n+]1ccc(-c2c3nc(c(-c4cc[n+](CCCCC)cc4)c4ccc([nH]4)c(-c4cc[n+](CCCCC)cc4)c4nc(c(-c5cc[n+](CCCCC)cc5)c5ccc2[nH]5)C=C4)C=C3)cc1. The van der Waals surface area contributed by atoms with Crippen LogP contribution in [0.3, 0.4) is 0 Å². The Morgan fingerprint density at radius 3 is 0.735 bits per heavy atom. The van der Waals surface area contributed by atoms with Crippen molar-refractivity contribution < 1.29 is 18.3 Å². The summed E-state index contributed by atoms with van der Waals surface area (Å²) in [5, 5.41) is 0. The van der Waals surface area contributed by atoms with Crippen molar-refractivity contribution in [2.45, 2.75) is 131 Å². The van der Waals surface area contributed by atoms with Crippen LogP contribution in [0.5, 0.6) is 0 Å². The third kappa shape index (κ3) is 10.7. The van der Waals surface area contributed by atoms with Crippen LogP contribution in [0.1, 0.15) is 128 Å². The first-order valence-electron chi connectivity index (χ1n) is 25.7. The quantitative estimate of drug-likeness (QED) is 0.0591. The maximum atomic E-state index is 5.58. The van der Waals surface area contributed by atoms with Crippen molar-refractivity contribution in [3.05, 3.63) is 145 Å². The van der Waals surface area contributed by atoms with E-state index in [0.717, 1.165) is 116 Å². The van der Waals surface area contributed by atoms with Gasteiger partial charge in [0.05, 0.1) is 22.8 Å². The summed E-state index contributed by atoms with van der Waals surface area (Å²) >= 11 is 0. The number of aromatic nitrogens is 8. The molecule has 0 aliphatic carbocycles. The lowest BCUT2D eigenvalue weighted by Crippen LogP contribution is -2.32. The van der Waals surface area contributed by atoms with E-state index in [-0.39, 0.29) is 0 Å². The number of nitrogens with zero attached hydrogens (tertiary/aromatic N) is 6. The highest BCUT2D eigenvalue weighted by Crippen LogP contribution is 2.38. The van der Waals surface area contributed by atoms with E-state index < -0.39 is 0 Å². The van der Waals surface area contributed by atoms with Crippen molar-refractivity contribution >= 4 is 46.4 Å². The van der Waals surface area contributed by atoms with Crippen molar-refractivity contribution in [2.24, 2.45) is 0 Å². The molecular formula is C60H70N8+4. The molecule has 7 aromatic heterocycles. The maximum Gasteiger partial charge on any atom is 0.169 e. The van der Waals surface area contributed by atoms with Gasteiger partial charge in [-0.3, -0.25) is 0 Å². The van der Waals surface area contributed by atoms with Gasteiger partial charge in [0, 0.05) is 119 Å². The number of aryl methyl sites for hydroxylation is 4. The Kier molecular flexibility index (Phi) is 15.2. The van der Waals surface area contributed by atoms with Crippen molar-refractivity contribution in [1.29, 1.82) is 0 Å². The fraction of sp³-hybridized carbons (Fsp3) is 0.333. The molecule has 0 spiro atoms. The van der Waals surface area contributed by atoms with Crippen LogP contribution in [-0.4, -0.2) is 19.9 Å². The summed E-state index contributed by atoms with van der Waals surface area (Å²) in [5.41, 5.74) is 16.4. The molecule has 9 rings (SSSR count). The van der Waals surface area contributed by atoms with Crippen LogP contribution in [0.4, 0.5) is 0 Å². The minimum Gasteiger partial charge on any atom is -0.354 e. The molecule has 346 valence electrons. The zero-order chi connectivity index (χ0) is 46.7. The van der Waals surface area contributed by atoms with Gasteiger partial charge in [0.15, 0.2) is 49.6 Å². The number of nitrogens with one attached hydrogen (secondary N) is 2. The highest BCUT2D eigenvalue weighted by Gasteiger charge is 2.21. The Morgan fingerprint density at radius 2 is 0.529 bits per heavy atom. The number of hydrogen-bond donors (Lipinski definition) is 2. The van der Waals surface area contributed by atoms with Crippen LogP contribution in [-0.2, 0) is 26.2 Å². The number of rotatable bonds is 20. The molecule has 2 aliphatic rings. The molecule has 0 atom stereocenters. The van der Waals surface area contributed by atoms with E-state index in [1.54, 1.807) is 0 Å². The average Bonchev–Trinajstić information content (AvgIpc) is 4.23. The van der Waals surface area contributed by atoms with Gasteiger partial charge in [-0.2, -0.15) is 0 Å². The molecule has 8 bridgehead atoms. The second kappa shape index (κ2) is 22.3. The van der Waals surface area contributed by atoms with E-state index >= 15 is 0 Å². The Hall–Kier alpha value is -6.80. The monoisotopic (exact) mass is 903 g/mol. The van der Waals surface area contributed by atoms with E-state index in [2.05, 4.69) is 203 Å². The van der Waals surface area contributed by atoms with Crippen molar-refractivity contribution in [3.8, 4) is 44.5 Å². The van der Waals surface area contributed by atoms with Crippen LogP contribution < -0.4 is 18.3 Å². The van der Waals surface area contributed by atoms with E-state index in [1.807, 2.05) is 0 Å². The number of fused-ring (bicyclic) bond motifs is 8. The first-order valence-corrected chi connectivity index (χ1v) is 25.7. The third-order valence-corrected chi connectivity index (χ3v) is 13.6. The molecule has 0 saturated carbocycles. The molecule has 0 amide bonds. The van der Waals surface area contributed by atoms with Gasteiger partial charge in [-0.15, -0.1) is 0 Å². The Labute approximate surface area is 403 Å². The van der Waals surface area contributed by atoms with Crippen LogP contribution in [0, 0.1) is 0 Å². The molecule has 68 heavy (non-hydrogen) atoms. The summed E-state index contributed by atoms with van der Waals surface area (Å²) < 4.78 is 9.22. The van der Waals surface area contributed by atoms with Crippen LogP contribution in [0.2, 0.25) is 0 Å². The van der Waals surface area contributed by atoms with E-state index in [0.29, 0.717) is 0 Å². The lowest BCUT2D eigenvalue weighted by Gasteiger charge is -2.07. The third-order valence-electron chi connectivity index (χ3n) is 13.6. The molecule has 7 aromatic rings. The topological polar surface area (TPSA) is 72.9 Å². The summed E-state index contributed by atoms with van der Waals surface area (Å²) in [6, 6.07) is 26.9. The predicted octanol–water partition coefficient (Wildman–Crippen LogP) is 13.2. The number of aromatic amines is 2. The van der Waals surface area contributed by atoms with Crippen LogP contribution in [0.25, 0.3) is 90.9 Å². The summed E-state index contributed by atoms with van der Waals surface area (Å²) in [5.74, 6) is 0. The van der Waals surface area contributed by atoms with E-state index in [4.69, 9.17) is 9.97 Å². The second-order valence-corrected chi connectivity index (χ2v) is 18.6. The van der Waals surface area contributed by atoms with E-state index in [9.17, 15) is 0 Å². The molecule has 8 nitrogen and oxygen atoms in total. The molecule has 0 aromatic carbocycles. The van der Waals surface area contributed by atoms with Gasteiger partial charge in [-0.1, -0.05) is 53.4 Å². The van der Waals surface area contributed by atoms with Crippen LogP contribution >= 0.6 is 0 Å². The highest BCUT2D eigenvalue weighted by molar-refractivity contribution is 5.99. The van der Waals surface area contributed by atoms with Gasteiger partial charge in [0.2, 0.25) is 0 Å². The second-order valence-electron chi connectivity index (χ2n) is 18.6. The number of hydrogen-bond acceptors (Lipinski definition) is 2. The fourth-order valence-corrected chi connectivity index (χ4v) is 9.69. The van der Waals surface area contributed by atoms with Gasteiger partial charge >= 0.3 is 0 Å². The van der Waals surface area contributed by atoms with Crippen molar-refractivity contribution in [3.63, 3.8) is 0 Å². The Morgan fingerprint density at radius 1 is 0.309 bits per heavy atom. The zero-order valence-corrected chi connectivity index (χ0v) is 40.9. The Bertz CT molecular complexity index is 2620. The van der Waals surface area contributed by atoms with Gasteiger partial charge in [0.25, 0.3) is 0 Å².